The van der Waals surface area contributed by atoms with Crippen LogP contribution in [0.1, 0.15) is 0 Å². The van der Waals surface area contributed by atoms with Gasteiger partial charge in [-0.2, -0.15) is 0 Å². The van der Waals surface area contributed by atoms with E-state index >= 15 is 0 Å². The minimum atomic E-state index is -3.95. The number of rotatable bonds is 12. The van der Waals surface area contributed by atoms with Gasteiger partial charge in [0, 0.05) is 5.88 Å². The average molecular weight is 431 g/mol. The molecule has 20 heavy (non-hydrogen) atoms. The molecule has 0 spiro atoms. The van der Waals surface area contributed by atoms with Crippen LogP contribution in [0.2, 0.25) is 0 Å². The van der Waals surface area contributed by atoms with Crippen molar-refractivity contribution >= 4 is 77.4 Å². The zero-order valence-corrected chi connectivity index (χ0v) is 15.8. The first-order valence-corrected chi connectivity index (χ1v) is 10.1. The minimum Gasteiger partial charge on any atom is -0.285 e. The second-order valence-corrected chi connectivity index (χ2v) is 7.30. The number of alkyl halides is 6. The first kappa shape index (κ1) is 21.9. The third-order valence-electron chi connectivity index (χ3n) is 1.83. The van der Waals surface area contributed by atoms with Crippen molar-refractivity contribution in [2.45, 2.75) is 17.6 Å². The molecule has 0 aromatic carbocycles. The van der Waals surface area contributed by atoms with Crippen molar-refractivity contribution in [3.05, 3.63) is 0 Å². The molecule has 0 heterocycles. The summed E-state index contributed by atoms with van der Waals surface area (Å²) in [6.07, 6.45) is -1.42. The SMILES string of the molecule is O=P(OCC(Cl)CCl)(OC(CCl)CCl)OC(CCl)CCl. The zero-order valence-electron chi connectivity index (χ0n) is 10.3. The molecule has 0 aromatic rings. The number of halogens is 6. The lowest BCUT2D eigenvalue weighted by molar-refractivity contribution is 0.0762. The Morgan fingerprint density at radius 3 is 1.50 bits per heavy atom. The fourth-order valence-electron chi connectivity index (χ4n) is 0.863. The minimum absolute atomic E-state index is 0.0203. The van der Waals surface area contributed by atoms with Crippen LogP contribution in [0.5, 0.6) is 0 Å². The maximum Gasteiger partial charge on any atom is 0.475 e. The third-order valence-corrected chi connectivity index (χ3v) is 5.59. The first-order chi connectivity index (χ1) is 9.44. The molecule has 0 radical (unpaired) electrons. The van der Waals surface area contributed by atoms with Crippen LogP contribution in [0.4, 0.5) is 0 Å². The van der Waals surface area contributed by atoms with Crippen molar-refractivity contribution in [3.63, 3.8) is 0 Å². The van der Waals surface area contributed by atoms with Crippen LogP contribution in [0, 0.1) is 0 Å². The zero-order chi connectivity index (χ0) is 15.6. The van der Waals surface area contributed by atoms with Gasteiger partial charge in [0.2, 0.25) is 0 Å². The summed E-state index contributed by atoms with van der Waals surface area (Å²) in [5.74, 6) is 0.197. The van der Waals surface area contributed by atoms with Gasteiger partial charge in [0.25, 0.3) is 0 Å². The molecule has 122 valence electrons. The van der Waals surface area contributed by atoms with Gasteiger partial charge in [0.15, 0.2) is 0 Å². The van der Waals surface area contributed by atoms with E-state index in [2.05, 4.69) is 0 Å². The maximum atomic E-state index is 12.5. The molecule has 0 N–H and O–H groups in total. The fraction of sp³-hybridized carbons (Fsp3) is 1.00. The van der Waals surface area contributed by atoms with Crippen LogP contribution in [-0.2, 0) is 18.1 Å². The molecule has 0 saturated carbocycles. The lowest BCUT2D eigenvalue weighted by Gasteiger charge is -2.25. The van der Waals surface area contributed by atoms with Gasteiger partial charge in [-0.05, 0) is 0 Å². The number of phosphoric ester groups is 1. The summed E-state index contributed by atoms with van der Waals surface area (Å²) in [4.78, 5) is 0. The Hall–Kier alpha value is 1.85. The largest absolute Gasteiger partial charge is 0.475 e. The third kappa shape index (κ3) is 9.09. The Morgan fingerprint density at radius 2 is 1.20 bits per heavy atom. The van der Waals surface area contributed by atoms with E-state index in [1.54, 1.807) is 0 Å². The van der Waals surface area contributed by atoms with E-state index in [1.807, 2.05) is 0 Å². The molecule has 4 nitrogen and oxygen atoms in total. The highest BCUT2D eigenvalue weighted by molar-refractivity contribution is 7.48. The Balaban J connectivity index is 4.77. The molecule has 0 aliphatic heterocycles. The second-order valence-electron chi connectivity index (χ2n) is 3.57. The summed E-state index contributed by atoms with van der Waals surface area (Å²) in [6.45, 7) is -0.128. The molecule has 1 atom stereocenters. The summed E-state index contributed by atoms with van der Waals surface area (Å²) in [5, 5.41) is -0.548. The molecule has 0 aromatic heterocycles. The van der Waals surface area contributed by atoms with Gasteiger partial charge >= 0.3 is 7.82 Å². The van der Waals surface area contributed by atoms with Crippen molar-refractivity contribution in [1.29, 1.82) is 0 Å². The highest BCUT2D eigenvalue weighted by Crippen LogP contribution is 2.52. The highest BCUT2D eigenvalue weighted by atomic mass is 35.5. The van der Waals surface area contributed by atoms with Crippen LogP contribution in [-0.4, -0.2) is 53.6 Å². The van der Waals surface area contributed by atoms with Crippen LogP contribution in [0.25, 0.3) is 0 Å². The van der Waals surface area contributed by atoms with E-state index in [-0.39, 0.29) is 36.0 Å². The molecule has 0 bridgehead atoms. The van der Waals surface area contributed by atoms with E-state index < -0.39 is 25.4 Å². The molecule has 0 fully saturated rings. The van der Waals surface area contributed by atoms with Gasteiger partial charge in [0.05, 0.1) is 47.7 Å². The summed E-state index contributed by atoms with van der Waals surface area (Å²) < 4.78 is 28.0. The molecule has 0 amide bonds. The summed E-state index contributed by atoms with van der Waals surface area (Å²) in [5.41, 5.74) is 0. The van der Waals surface area contributed by atoms with E-state index in [1.165, 1.54) is 0 Å². The van der Waals surface area contributed by atoms with E-state index in [0.717, 1.165) is 0 Å². The fourth-order valence-corrected chi connectivity index (χ4v) is 3.93. The van der Waals surface area contributed by atoms with Gasteiger partial charge < -0.3 is 0 Å². The first-order valence-electron chi connectivity index (χ1n) is 5.49. The summed E-state index contributed by atoms with van der Waals surface area (Å²) >= 11 is 33.8. The lowest BCUT2D eigenvalue weighted by Crippen LogP contribution is -2.23. The molecule has 0 saturated heterocycles. The molecule has 11 heteroatoms. The van der Waals surface area contributed by atoms with E-state index in [9.17, 15) is 4.57 Å². The Labute approximate surface area is 148 Å². The average Bonchev–Trinajstić information content (AvgIpc) is 2.48. The summed E-state index contributed by atoms with van der Waals surface area (Å²) in [7, 11) is -3.95. The number of hydrogen-bond acceptors (Lipinski definition) is 4. The molecule has 1 unspecified atom stereocenters. The monoisotopic (exact) mass is 428 g/mol. The normalized spacial score (nSPS) is 14.2. The predicted octanol–water partition coefficient (Wildman–Crippen LogP) is 4.68. The standard InChI is InChI=1S/C9H15Cl6O4P/c10-1-7(15)6-17-20(16,18-8(2-11)3-12)19-9(4-13)5-14/h7-9H,1-6H2. The molecule has 0 rings (SSSR count). The summed E-state index contributed by atoms with van der Waals surface area (Å²) in [6, 6.07) is 0. The maximum absolute atomic E-state index is 12.5. The predicted molar refractivity (Wildman–Crippen MR) is 86.5 cm³/mol. The topological polar surface area (TPSA) is 44.8 Å². The van der Waals surface area contributed by atoms with Crippen molar-refractivity contribution < 1.29 is 18.1 Å². The van der Waals surface area contributed by atoms with Crippen LogP contribution in [0.15, 0.2) is 0 Å². The van der Waals surface area contributed by atoms with Gasteiger partial charge in [-0.1, -0.05) is 0 Å². The van der Waals surface area contributed by atoms with Crippen LogP contribution >= 0.6 is 77.4 Å². The second kappa shape index (κ2) is 12.3. The van der Waals surface area contributed by atoms with Crippen molar-refractivity contribution in [3.8, 4) is 0 Å². The van der Waals surface area contributed by atoms with Crippen molar-refractivity contribution in [2.75, 3.05) is 36.0 Å². The Bertz CT molecular complexity index is 272. The van der Waals surface area contributed by atoms with Gasteiger partial charge in [-0.25, -0.2) is 4.57 Å². The van der Waals surface area contributed by atoms with Gasteiger partial charge in [-0.15, -0.1) is 69.6 Å². The molecule has 0 aliphatic carbocycles. The van der Waals surface area contributed by atoms with Gasteiger partial charge in [0.1, 0.15) is 0 Å². The Kier molecular flexibility index (Phi) is 13.4. The van der Waals surface area contributed by atoms with Gasteiger partial charge in [-0.3, -0.25) is 13.6 Å². The number of phosphoric acid groups is 1. The van der Waals surface area contributed by atoms with E-state index in [4.69, 9.17) is 83.2 Å². The van der Waals surface area contributed by atoms with Crippen molar-refractivity contribution in [2.24, 2.45) is 0 Å². The Morgan fingerprint density at radius 1 is 0.800 bits per heavy atom. The quantitative estimate of drug-likeness (QED) is 0.333. The molecule has 0 aliphatic rings. The molecular formula is C9H15Cl6O4P. The van der Waals surface area contributed by atoms with Crippen LogP contribution in [0.3, 0.4) is 0 Å². The lowest BCUT2D eigenvalue weighted by atomic mass is 10.5. The van der Waals surface area contributed by atoms with Crippen molar-refractivity contribution in [1.82, 2.24) is 0 Å². The number of hydrogen-bond donors (Lipinski definition) is 0. The highest BCUT2D eigenvalue weighted by Gasteiger charge is 2.34. The van der Waals surface area contributed by atoms with Crippen LogP contribution < -0.4 is 0 Å². The van der Waals surface area contributed by atoms with E-state index in [0.29, 0.717) is 0 Å². The molecular weight excluding hydrogens is 416 g/mol. The smallest absolute Gasteiger partial charge is 0.285 e.